The van der Waals surface area contributed by atoms with Crippen LogP contribution in [0, 0.1) is 11.7 Å². The van der Waals surface area contributed by atoms with E-state index in [4.69, 9.17) is 5.11 Å². The molecule has 0 bridgehead atoms. The first-order valence-corrected chi connectivity index (χ1v) is 7.10. The van der Waals surface area contributed by atoms with Gasteiger partial charge < -0.3 is 15.3 Å². The maximum Gasteiger partial charge on any atom is 0.340 e. The number of carbonyl (C=O) groups is 2. The summed E-state index contributed by atoms with van der Waals surface area (Å²) in [6.45, 7) is 3.04. The van der Waals surface area contributed by atoms with Gasteiger partial charge in [0.05, 0.1) is 5.69 Å². The second kappa shape index (κ2) is 6.56. The molecule has 0 radical (unpaired) electrons. The number of nitrogens with zero attached hydrogens (tertiary/aromatic N) is 1. The van der Waals surface area contributed by atoms with Gasteiger partial charge in [0.25, 0.3) is 0 Å². The van der Waals surface area contributed by atoms with Gasteiger partial charge in [0.2, 0.25) is 0 Å². The van der Waals surface area contributed by atoms with Crippen molar-refractivity contribution >= 4 is 17.7 Å². The molecule has 0 saturated heterocycles. The van der Waals surface area contributed by atoms with Crippen molar-refractivity contribution in [2.24, 2.45) is 5.92 Å². The third-order valence-corrected chi connectivity index (χ3v) is 3.84. The third-order valence-electron chi connectivity index (χ3n) is 3.84. The van der Waals surface area contributed by atoms with E-state index in [1.807, 2.05) is 6.92 Å². The highest BCUT2D eigenvalue weighted by Gasteiger charge is 2.24. The molecular formula is C15H19FN2O3. The van der Waals surface area contributed by atoms with Crippen LogP contribution in [0.25, 0.3) is 0 Å². The molecule has 2 rings (SSSR count). The van der Waals surface area contributed by atoms with E-state index < -0.39 is 23.4 Å². The Morgan fingerprint density at radius 2 is 2.14 bits per heavy atom. The summed E-state index contributed by atoms with van der Waals surface area (Å²) < 4.78 is 13.6. The molecule has 0 spiro atoms. The van der Waals surface area contributed by atoms with Crippen molar-refractivity contribution in [3.63, 3.8) is 0 Å². The number of carboxylic acid groups (broad SMARTS) is 1. The summed E-state index contributed by atoms with van der Waals surface area (Å²) >= 11 is 0. The minimum atomic E-state index is -1.40. The van der Waals surface area contributed by atoms with Crippen LogP contribution in [0.5, 0.6) is 0 Å². The largest absolute Gasteiger partial charge is 0.478 e. The Kier molecular flexibility index (Phi) is 4.77. The number of hydrogen-bond donors (Lipinski definition) is 2. The lowest BCUT2D eigenvalue weighted by molar-refractivity contribution is 0.0693. The fourth-order valence-electron chi connectivity index (χ4n) is 2.38. The fourth-order valence-corrected chi connectivity index (χ4v) is 2.38. The Morgan fingerprint density at radius 1 is 1.43 bits per heavy atom. The lowest BCUT2D eigenvalue weighted by Crippen LogP contribution is -2.40. The molecule has 1 aliphatic carbocycles. The lowest BCUT2D eigenvalue weighted by Gasteiger charge is -2.31. The van der Waals surface area contributed by atoms with Gasteiger partial charge in [-0.3, -0.25) is 0 Å². The highest BCUT2D eigenvalue weighted by molar-refractivity contribution is 6.00. The second-order valence-electron chi connectivity index (χ2n) is 5.23. The van der Waals surface area contributed by atoms with Crippen molar-refractivity contribution < 1.29 is 19.1 Å². The highest BCUT2D eigenvalue weighted by atomic mass is 19.1. The highest BCUT2D eigenvalue weighted by Crippen LogP contribution is 2.27. The quantitative estimate of drug-likeness (QED) is 0.876. The Bertz CT molecular complexity index is 544. The van der Waals surface area contributed by atoms with Crippen LogP contribution in [-0.4, -0.2) is 35.1 Å². The summed E-state index contributed by atoms with van der Waals surface area (Å²) in [5.41, 5.74) is -0.523. The molecule has 0 heterocycles. The fraction of sp³-hybridized carbons (Fsp3) is 0.467. The standard InChI is InChI=1S/C15H19FN2O3/c1-2-18(9-10-5-3-6-10)15(21)17-12-8-4-7-11(16)13(12)14(19)20/h4,7-8,10H,2-3,5-6,9H2,1H3,(H,17,21)(H,19,20). The van der Waals surface area contributed by atoms with E-state index in [1.54, 1.807) is 4.90 Å². The Hall–Kier alpha value is -2.11. The van der Waals surface area contributed by atoms with E-state index in [0.29, 0.717) is 19.0 Å². The third kappa shape index (κ3) is 3.51. The van der Waals surface area contributed by atoms with Crippen LogP contribution < -0.4 is 5.32 Å². The van der Waals surface area contributed by atoms with E-state index in [2.05, 4.69) is 5.32 Å². The molecule has 0 atom stereocenters. The Morgan fingerprint density at radius 3 is 2.67 bits per heavy atom. The molecule has 1 aromatic carbocycles. The van der Waals surface area contributed by atoms with Crippen molar-refractivity contribution in [1.82, 2.24) is 4.90 Å². The zero-order valence-electron chi connectivity index (χ0n) is 11.9. The van der Waals surface area contributed by atoms with Crippen LogP contribution in [0.3, 0.4) is 0 Å². The molecule has 6 heteroatoms. The predicted octanol–water partition coefficient (Wildman–Crippen LogP) is 3.18. The normalized spacial score (nSPS) is 14.4. The minimum absolute atomic E-state index is 0.0143. The first-order valence-electron chi connectivity index (χ1n) is 7.10. The van der Waals surface area contributed by atoms with Gasteiger partial charge in [-0.15, -0.1) is 0 Å². The molecule has 5 nitrogen and oxygen atoms in total. The summed E-state index contributed by atoms with van der Waals surface area (Å²) in [7, 11) is 0. The van der Waals surface area contributed by atoms with Crippen molar-refractivity contribution in [3.05, 3.63) is 29.6 Å². The van der Waals surface area contributed by atoms with Crippen molar-refractivity contribution in [1.29, 1.82) is 0 Å². The number of urea groups is 1. The van der Waals surface area contributed by atoms with Crippen molar-refractivity contribution in [3.8, 4) is 0 Å². The van der Waals surface area contributed by atoms with Gasteiger partial charge in [-0.25, -0.2) is 14.0 Å². The van der Waals surface area contributed by atoms with Crippen LogP contribution in [0.4, 0.5) is 14.9 Å². The van der Waals surface area contributed by atoms with Crippen LogP contribution in [-0.2, 0) is 0 Å². The zero-order chi connectivity index (χ0) is 15.4. The number of hydrogen-bond acceptors (Lipinski definition) is 2. The topological polar surface area (TPSA) is 69.6 Å². The molecule has 2 N–H and O–H groups in total. The van der Waals surface area contributed by atoms with Crippen LogP contribution >= 0.6 is 0 Å². The first-order chi connectivity index (χ1) is 10.0. The van der Waals surface area contributed by atoms with E-state index >= 15 is 0 Å². The van der Waals surface area contributed by atoms with Crippen LogP contribution in [0.15, 0.2) is 18.2 Å². The summed E-state index contributed by atoms with van der Waals surface area (Å²) in [5, 5.41) is 11.5. The molecule has 1 saturated carbocycles. The molecule has 2 amide bonds. The van der Waals surface area contributed by atoms with Gasteiger partial charge in [-0.1, -0.05) is 12.5 Å². The molecular weight excluding hydrogens is 275 g/mol. The minimum Gasteiger partial charge on any atom is -0.478 e. The smallest absolute Gasteiger partial charge is 0.340 e. The van der Waals surface area contributed by atoms with Crippen molar-refractivity contribution in [2.75, 3.05) is 18.4 Å². The van der Waals surface area contributed by atoms with E-state index in [0.717, 1.165) is 18.9 Å². The molecule has 114 valence electrons. The monoisotopic (exact) mass is 294 g/mol. The van der Waals surface area contributed by atoms with Crippen LogP contribution in [0.1, 0.15) is 36.5 Å². The Balaban J connectivity index is 2.10. The number of benzene rings is 1. The number of aromatic carboxylic acids is 1. The lowest BCUT2D eigenvalue weighted by atomic mass is 9.85. The van der Waals surface area contributed by atoms with E-state index in [1.165, 1.54) is 18.6 Å². The van der Waals surface area contributed by atoms with E-state index in [9.17, 15) is 14.0 Å². The molecule has 1 aliphatic rings. The molecule has 21 heavy (non-hydrogen) atoms. The van der Waals surface area contributed by atoms with Gasteiger partial charge in [-0.05, 0) is 37.8 Å². The first kappa shape index (κ1) is 15.3. The average Bonchev–Trinajstić information content (AvgIpc) is 2.37. The summed E-state index contributed by atoms with van der Waals surface area (Å²) in [4.78, 5) is 24.9. The number of rotatable bonds is 5. The number of amides is 2. The summed E-state index contributed by atoms with van der Waals surface area (Å²) in [6.07, 6.45) is 3.42. The van der Waals surface area contributed by atoms with Gasteiger partial charge >= 0.3 is 12.0 Å². The maximum atomic E-state index is 13.6. The average molecular weight is 294 g/mol. The second-order valence-corrected chi connectivity index (χ2v) is 5.23. The Labute approximate surface area is 122 Å². The predicted molar refractivity (Wildman–Crippen MR) is 77.0 cm³/mol. The molecule has 1 aromatic rings. The summed E-state index contributed by atoms with van der Waals surface area (Å²) in [5.74, 6) is -1.74. The van der Waals surface area contributed by atoms with Gasteiger partial charge in [0.15, 0.2) is 0 Å². The SMILES string of the molecule is CCN(CC1CCC1)C(=O)Nc1cccc(F)c1C(=O)O. The van der Waals surface area contributed by atoms with E-state index in [-0.39, 0.29) is 5.69 Å². The van der Waals surface area contributed by atoms with Gasteiger partial charge in [-0.2, -0.15) is 0 Å². The van der Waals surface area contributed by atoms with Gasteiger partial charge in [0.1, 0.15) is 11.4 Å². The summed E-state index contributed by atoms with van der Waals surface area (Å²) in [6, 6.07) is 3.43. The molecule has 0 unspecified atom stereocenters. The molecule has 1 fully saturated rings. The number of carboxylic acids is 1. The number of nitrogens with one attached hydrogen (secondary N) is 1. The van der Waals surface area contributed by atoms with Crippen molar-refractivity contribution in [2.45, 2.75) is 26.2 Å². The number of carbonyl (C=O) groups excluding carboxylic acids is 1. The molecule has 0 aliphatic heterocycles. The maximum absolute atomic E-state index is 13.6. The van der Waals surface area contributed by atoms with Gasteiger partial charge in [0, 0.05) is 13.1 Å². The number of anilines is 1. The number of halogens is 1. The zero-order valence-corrected chi connectivity index (χ0v) is 11.9. The molecule has 0 aromatic heterocycles. The van der Waals surface area contributed by atoms with Crippen LogP contribution in [0.2, 0.25) is 0 Å².